The zero-order valence-electron chi connectivity index (χ0n) is 12.9. The summed E-state index contributed by atoms with van der Waals surface area (Å²) in [4.78, 5) is 28.3. The van der Waals surface area contributed by atoms with E-state index in [0.29, 0.717) is 22.9 Å². The summed E-state index contributed by atoms with van der Waals surface area (Å²) in [6, 6.07) is 12.2. The van der Waals surface area contributed by atoms with Crippen molar-refractivity contribution in [3.05, 3.63) is 65.7 Å². The molecular formula is C18H16N4O2. The molecule has 24 heavy (non-hydrogen) atoms. The highest BCUT2D eigenvalue weighted by Gasteiger charge is 2.30. The fraction of sp³-hybridized carbons (Fsp3) is 0.167. The van der Waals surface area contributed by atoms with Gasteiger partial charge >= 0.3 is 0 Å². The molecule has 1 aliphatic carbocycles. The Hall–Kier alpha value is -3.15. The second-order valence-corrected chi connectivity index (χ2v) is 5.94. The highest BCUT2D eigenvalue weighted by Crippen LogP contribution is 2.40. The number of nitrogens with two attached hydrogens (primary N) is 1. The molecule has 2 aromatic heterocycles. The maximum Gasteiger partial charge on any atom is 0.276 e. The normalized spacial score (nSPS) is 13.8. The van der Waals surface area contributed by atoms with E-state index < -0.39 is 5.91 Å². The van der Waals surface area contributed by atoms with Crippen molar-refractivity contribution in [1.29, 1.82) is 0 Å². The van der Waals surface area contributed by atoms with Crippen molar-refractivity contribution in [1.82, 2.24) is 9.38 Å². The highest BCUT2D eigenvalue weighted by atomic mass is 16.2. The molecule has 2 amide bonds. The van der Waals surface area contributed by atoms with Crippen LogP contribution in [-0.2, 0) is 0 Å². The lowest BCUT2D eigenvalue weighted by Crippen LogP contribution is -2.14. The molecule has 4 rings (SSSR count). The average Bonchev–Trinajstić information content (AvgIpc) is 3.35. The molecule has 0 bridgehead atoms. The summed E-state index contributed by atoms with van der Waals surface area (Å²) < 4.78 is 1.99. The highest BCUT2D eigenvalue weighted by molar-refractivity contribution is 6.07. The predicted octanol–water partition coefficient (Wildman–Crippen LogP) is 2.56. The van der Waals surface area contributed by atoms with Gasteiger partial charge in [0.1, 0.15) is 5.82 Å². The zero-order valence-corrected chi connectivity index (χ0v) is 12.9. The quantitative estimate of drug-likeness (QED) is 0.774. The summed E-state index contributed by atoms with van der Waals surface area (Å²) in [5.41, 5.74) is 7.42. The van der Waals surface area contributed by atoms with Crippen molar-refractivity contribution in [2.75, 3.05) is 5.32 Å². The van der Waals surface area contributed by atoms with E-state index >= 15 is 0 Å². The Labute approximate surface area is 138 Å². The molecule has 0 spiro atoms. The number of pyridine rings is 1. The topological polar surface area (TPSA) is 89.5 Å². The maximum atomic E-state index is 12.6. The molecule has 0 saturated heterocycles. The zero-order chi connectivity index (χ0) is 16.7. The molecule has 0 unspecified atom stereocenters. The van der Waals surface area contributed by atoms with Crippen molar-refractivity contribution < 1.29 is 9.59 Å². The van der Waals surface area contributed by atoms with Crippen LogP contribution in [0.5, 0.6) is 0 Å². The fourth-order valence-electron chi connectivity index (χ4n) is 2.77. The molecule has 2 heterocycles. The van der Waals surface area contributed by atoms with Crippen molar-refractivity contribution >= 4 is 23.0 Å². The number of amides is 2. The summed E-state index contributed by atoms with van der Waals surface area (Å²) in [6.07, 6.45) is 4.17. The number of imidazole rings is 1. The van der Waals surface area contributed by atoms with E-state index in [2.05, 4.69) is 10.3 Å². The molecule has 1 fully saturated rings. The van der Waals surface area contributed by atoms with E-state index in [4.69, 9.17) is 5.73 Å². The van der Waals surface area contributed by atoms with E-state index in [-0.39, 0.29) is 5.91 Å². The molecule has 3 N–H and O–H groups in total. The molecule has 6 nitrogen and oxygen atoms in total. The smallest absolute Gasteiger partial charge is 0.276 e. The van der Waals surface area contributed by atoms with Gasteiger partial charge in [-0.25, -0.2) is 4.98 Å². The van der Waals surface area contributed by atoms with Crippen LogP contribution in [-0.4, -0.2) is 21.2 Å². The second kappa shape index (κ2) is 5.49. The van der Waals surface area contributed by atoms with Gasteiger partial charge in [-0.3, -0.25) is 9.59 Å². The summed E-state index contributed by atoms with van der Waals surface area (Å²) in [7, 11) is 0. The largest absolute Gasteiger partial charge is 0.366 e. The van der Waals surface area contributed by atoms with E-state index in [9.17, 15) is 9.59 Å². The fourth-order valence-corrected chi connectivity index (χ4v) is 2.77. The third-order valence-electron chi connectivity index (χ3n) is 4.16. The van der Waals surface area contributed by atoms with Gasteiger partial charge in [-0.15, -0.1) is 0 Å². The number of nitrogens with one attached hydrogen (secondary N) is 1. The van der Waals surface area contributed by atoms with Crippen molar-refractivity contribution in [2.45, 2.75) is 18.8 Å². The minimum atomic E-state index is -0.498. The van der Waals surface area contributed by atoms with Gasteiger partial charge in [0, 0.05) is 23.4 Å². The van der Waals surface area contributed by atoms with Crippen LogP contribution < -0.4 is 11.1 Å². The number of primary amides is 1. The van der Waals surface area contributed by atoms with Gasteiger partial charge in [0.15, 0.2) is 5.69 Å². The summed E-state index contributed by atoms with van der Waals surface area (Å²) in [6.45, 7) is 0. The molecule has 0 aliphatic heterocycles. The van der Waals surface area contributed by atoms with Crippen molar-refractivity contribution in [3.63, 3.8) is 0 Å². The summed E-state index contributed by atoms with van der Waals surface area (Å²) >= 11 is 0. The molecule has 0 atom stereocenters. The molecular weight excluding hydrogens is 304 g/mol. The number of hydrogen-bond donors (Lipinski definition) is 2. The molecule has 120 valence electrons. The first kappa shape index (κ1) is 14.4. The van der Waals surface area contributed by atoms with Gasteiger partial charge in [0.2, 0.25) is 5.91 Å². The Kier molecular flexibility index (Phi) is 3.30. The first-order valence-electron chi connectivity index (χ1n) is 7.81. The minimum Gasteiger partial charge on any atom is -0.366 e. The van der Waals surface area contributed by atoms with Crippen LogP contribution in [0.3, 0.4) is 0 Å². The van der Waals surface area contributed by atoms with Gasteiger partial charge in [-0.05, 0) is 49.2 Å². The Morgan fingerprint density at radius 2 is 1.88 bits per heavy atom. The molecule has 6 heteroatoms. The van der Waals surface area contributed by atoms with Gasteiger partial charge in [-0.2, -0.15) is 0 Å². The van der Waals surface area contributed by atoms with Crippen LogP contribution in [0.4, 0.5) is 5.69 Å². The number of nitrogens with zero attached hydrogens (tertiary/aromatic N) is 2. The Balaban J connectivity index is 1.65. The lowest BCUT2D eigenvalue weighted by molar-refractivity contribution is 0.0998. The Morgan fingerprint density at radius 1 is 1.12 bits per heavy atom. The van der Waals surface area contributed by atoms with E-state index in [0.717, 1.165) is 24.2 Å². The van der Waals surface area contributed by atoms with Gasteiger partial charge in [-0.1, -0.05) is 6.07 Å². The van der Waals surface area contributed by atoms with E-state index in [1.54, 1.807) is 24.3 Å². The number of rotatable bonds is 4. The summed E-state index contributed by atoms with van der Waals surface area (Å²) in [5.74, 6) is 0.621. The molecule has 0 radical (unpaired) electrons. The van der Waals surface area contributed by atoms with Crippen LogP contribution >= 0.6 is 0 Å². The molecule has 1 aromatic carbocycles. The summed E-state index contributed by atoms with van der Waals surface area (Å²) in [5, 5.41) is 2.82. The number of aromatic nitrogens is 2. The molecule has 1 aliphatic rings. The van der Waals surface area contributed by atoms with Crippen LogP contribution in [0.1, 0.15) is 45.4 Å². The third kappa shape index (κ3) is 2.52. The third-order valence-corrected chi connectivity index (χ3v) is 4.16. The lowest BCUT2D eigenvalue weighted by Gasteiger charge is -2.04. The lowest BCUT2D eigenvalue weighted by atomic mass is 10.2. The number of fused-ring (bicyclic) bond motifs is 1. The SMILES string of the molecule is NC(=O)c1ccc(NC(=O)c2nc(C3CC3)n3ccccc23)cc1. The van der Waals surface area contributed by atoms with Crippen LogP contribution in [0.2, 0.25) is 0 Å². The predicted molar refractivity (Wildman–Crippen MR) is 90.1 cm³/mol. The number of benzene rings is 1. The van der Waals surface area contributed by atoms with Gasteiger partial charge in [0.25, 0.3) is 5.91 Å². The van der Waals surface area contributed by atoms with E-state index in [1.807, 2.05) is 28.8 Å². The number of carbonyl (C=O) groups is 2. The second-order valence-electron chi connectivity index (χ2n) is 5.94. The first-order chi connectivity index (χ1) is 11.6. The Bertz CT molecular complexity index is 939. The number of anilines is 1. The Morgan fingerprint density at radius 3 is 2.54 bits per heavy atom. The van der Waals surface area contributed by atoms with Crippen LogP contribution in [0.15, 0.2) is 48.7 Å². The van der Waals surface area contributed by atoms with Crippen LogP contribution in [0.25, 0.3) is 5.52 Å². The monoisotopic (exact) mass is 320 g/mol. The van der Waals surface area contributed by atoms with Crippen molar-refractivity contribution in [3.8, 4) is 0 Å². The maximum absolute atomic E-state index is 12.6. The molecule has 1 saturated carbocycles. The van der Waals surface area contributed by atoms with Gasteiger partial charge < -0.3 is 15.5 Å². The number of carbonyl (C=O) groups excluding carboxylic acids is 2. The minimum absolute atomic E-state index is 0.266. The number of hydrogen-bond acceptors (Lipinski definition) is 3. The van der Waals surface area contributed by atoms with Crippen LogP contribution in [0, 0.1) is 0 Å². The molecule has 3 aromatic rings. The first-order valence-corrected chi connectivity index (χ1v) is 7.81. The van der Waals surface area contributed by atoms with Gasteiger partial charge in [0.05, 0.1) is 5.52 Å². The standard InChI is InChI=1S/C18H16N4O2/c19-16(23)11-6-8-13(9-7-11)20-18(24)15-14-3-1-2-10-22(14)17(21-15)12-4-5-12/h1-3,6-10,12H,4-5H2,(H2,19,23)(H,20,24). The van der Waals surface area contributed by atoms with E-state index in [1.165, 1.54) is 0 Å². The van der Waals surface area contributed by atoms with Crippen molar-refractivity contribution in [2.24, 2.45) is 5.73 Å². The average molecular weight is 320 g/mol.